The van der Waals surface area contributed by atoms with Crippen LogP contribution in [0.2, 0.25) is 5.02 Å². The molecule has 1 fully saturated rings. The number of aromatic nitrogens is 1. The normalized spacial score (nSPS) is 21.4. The van der Waals surface area contributed by atoms with Gasteiger partial charge in [0.2, 0.25) is 5.91 Å². The summed E-state index contributed by atoms with van der Waals surface area (Å²) in [7, 11) is 0. The van der Waals surface area contributed by atoms with Gasteiger partial charge < -0.3 is 14.8 Å². The molecule has 2 amide bonds. The summed E-state index contributed by atoms with van der Waals surface area (Å²) in [4.78, 5) is 29.5. The van der Waals surface area contributed by atoms with E-state index in [1.165, 1.54) is 12.8 Å². The number of benzene rings is 2. The summed E-state index contributed by atoms with van der Waals surface area (Å²) in [6.07, 6.45) is 7.44. The Morgan fingerprint density at radius 3 is 2.50 bits per heavy atom. The predicted octanol–water partition coefficient (Wildman–Crippen LogP) is 5.59. The van der Waals surface area contributed by atoms with E-state index in [0.29, 0.717) is 30.2 Å². The minimum absolute atomic E-state index is 0.0488. The Kier molecular flexibility index (Phi) is 6.39. The highest BCUT2D eigenvalue weighted by molar-refractivity contribution is 6.30. The van der Waals surface area contributed by atoms with Gasteiger partial charge in [0, 0.05) is 28.5 Å². The molecule has 1 atom stereocenters. The van der Waals surface area contributed by atoms with Gasteiger partial charge in [-0.2, -0.15) is 0 Å². The Balaban J connectivity index is 1.47. The molecule has 1 aromatic heterocycles. The number of nitrogens with one attached hydrogen (secondary N) is 1. The highest BCUT2D eigenvalue weighted by Crippen LogP contribution is 2.33. The molecular formula is C28H32ClN3O2. The minimum atomic E-state index is -0.968. The second kappa shape index (κ2) is 9.46. The van der Waals surface area contributed by atoms with Crippen molar-refractivity contribution in [1.29, 1.82) is 0 Å². The van der Waals surface area contributed by atoms with Crippen molar-refractivity contribution in [1.82, 2.24) is 14.8 Å². The van der Waals surface area contributed by atoms with E-state index in [2.05, 4.69) is 5.32 Å². The molecule has 1 N–H and O–H groups in total. The molecule has 1 aliphatic heterocycles. The second-order valence-electron chi connectivity index (χ2n) is 9.94. The fraction of sp³-hybridized carbons (Fsp3) is 0.429. The molecule has 2 aromatic carbocycles. The first-order valence-corrected chi connectivity index (χ1v) is 12.8. The molecule has 1 saturated carbocycles. The van der Waals surface area contributed by atoms with Crippen molar-refractivity contribution < 1.29 is 9.59 Å². The third-order valence-electron chi connectivity index (χ3n) is 7.55. The summed E-state index contributed by atoms with van der Waals surface area (Å²) in [5, 5.41) is 5.05. The topological polar surface area (TPSA) is 54.3 Å². The van der Waals surface area contributed by atoms with E-state index in [9.17, 15) is 9.59 Å². The molecule has 0 bridgehead atoms. The molecule has 5 nitrogen and oxygen atoms in total. The number of para-hydroxylation sites is 1. The van der Waals surface area contributed by atoms with Gasteiger partial charge in [0.15, 0.2) is 0 Å². The SMILES string of the molecule is CC1(C(=O)NC2CCCCCC2)Cn2c(cc3ccccc32)C(=O)N1CCc1ccc(Cl)cc1. The molecule has 5 rings (SSSR count). The van der Waals surface area contributed by atoms with E-state index < -0.39 is 5.54 Å². The maximum atomic E-state index is 13.8. The standard InChI is InChI=1S/C28H32ClN3O2/c1-28(27(34)30-23-9-4-2-3-5-10-23)19-31-24-11-7-6-8-21(24)18-25(31)26(33)32(28)17-16-20-12-14-22(29)15-13-20/h6-8,11-15,18,23H,2-5,9-10,16-17,19H2,1H3,(H,30,34). The lowest BCUT2D eigenvalue weighted by molar-refractivity contribution is -0.133. The van der Waals surface area contributed by atoms with Crippen LogP contribution < -0.4 is 5.32 Å². The lowest BCUT2D eigenvalue weighted by Crippen LogP contribution is -2.65. The molecule has 1 unspecified atom stereocenters. The van der Waals surface area contributed by atoms with Crippen LogP contribution >= 0.6 is 11.6 Å². The molecule has 34 heavy (non-hydrogen) atoms. The van der Waals surface area contributed by atoms with Crippen LogP contribution in [0.3, 0.4) is 0 Å². The number of carbonyl (C=O) groups excluding carboxylic acids is 2. The van der Waals surface area contributed by atoms with Crippen molar-refractivity contribution in [2.24, 2.45) is 0 Å². The summed E-state index contributed by atoms with van der Waals surface area (Å²) in [5.74, 6) is -0.137. The maximum Gasteiger partial charge on any atom is 0.271 e. The fourth-order valence-corrected chi connectivity index (χ4v) is 5.64. The van der Waals surface area contributed by atoms with Crippen LogP contribution in [0.4, 0.5) is 0 Å². The largest absolute Gasteiger partial charge is 0.351 e. The van der Waals surface area contributed by atoms with Crippen molar-refractivity contribution in [3.05, 3.63) is 70.9 Å². The predicted molar refractivity (Wildman–Crippen MR) is 136 cm³/mol. The zero-order valence-corrected chi connectivity index (χ0v) is 20.5. The minimum Gasteiger partial charge on any atom is -0.351 e. The van der Waals surface area contributed by atoms with Gasteiger partial charge in [0.25, 0.3) is 5.91 Å². The maximum absolute atomic E-state index is 13.8. The third kappa shape index (κ3) is 4.34. The zero-order valence-electron chi connectivity index (χ0n) is 19.7. The number of fused-ring (bicyclic) bond motifs is 3. The summed E-state index contributed by atoms with van der Waals surface area (Å²) in [6.45, 7) is 2.84. The number of carbonyl (C=O) groups is 2. The quantitative estimate of drug-likeness (QED) is 0.487. The molecule has 2 heterocycles. The smallest absolute Gasteiger partial charge is 0.271 e. The molecule has 6 heteroatoms. The first kappa shape index (κ1) is 23.0. The van der Waals surface area contributed by atoms with Gasteiger partial charge in [-0.05, 0) is 56.0 Å². The molecule has 0 spiro atoms. The van der Waals surface area contributed by atoms with E-state index in [1.54, 1.807) is 4.90 Å². The molecular weight excluding hydrogens is 446 g/mol. The van der Waals surface area contributed by atoms with Gasteiger partial charge in [-0.1, -0.05) is 67.6 Å². The fourth-order valence-electron chi connectivity index (χ4n) is 5.51. The molecule has 178 valence electrons. The number of nitrogens with zero attached hydrogens (tertiary/aromatic N) is 2. The van der Waals surface area contributed by atoms with Crippen molar-refractivity contribution in [2.45, 2.75) is 70.0 Å². The van der Waals surface area contributed by atoms with Crippen LogP contribution in [-0.2, 0) is 17.8 Å². The Morgan fingerprint density at radius 2 is 1.76 bits per heavy atom. The molecule has 0 saturated heterocycles. The number of amides is 2. The van der Waals surface area contributed by atoms with Crippen LogP contribution in [0, 0.1) is 0 Å². The Bertz CT molecular complexity index is 1190. The Labute approximate surface area is 206 Å². The average Bonchev–Trinajstić information content (AvgIpc) is 3.00. The van der Waals surface area contributed by atoms with Gasteiger partial charge in [0.05, 0.1) is 6.54 Å². The van der Waals surface area contributed by atoms with E-state index >= 15 is 0 Å². The molecule has 2 aliphatic rings. The van der Waals surface area contributed by atoms with Crippen LogP contribution in [0.5, 0.6) is 0 Å². The first-order valence-electron chi connectivity index (χ1n) is 12.4. The van der Waals surface area contributed by atoms with Gasteiger partial charge in [-0.25, -0.2) is 0 Å². The highest BCUT2D eigenvalue weighted by Gasteiger charge is 2.47. The molecule has 3 aromatic rings. The van der Waals surface area contributed by atoms with Crippen molar-refractivity contribution >= 4 is 34.3 Å². The second-order valence-corrected chi connectivity index (χ2v) is 10.4. The Hall–Kier alpha value is -2.79. The first-order chi connectivity index (χ1) is 16.5. The highest BCUT2D eigenvalue weighted by atomic mass is 35.5. The lowest BCUT2D eigenvalue weighted by atomic mass is 9.93. The molecule has 0 radical (unpaired) electrons. The number of hydrogen-bond donors (Lipinski definition) is 1. The monoisotopic (exact) mass is 477 g/mol. The van der Waals surface area contributed by atoms with E-state index in [-0.39, 0.29) is 17.9 Å². The van der Waals surface area contributed by atoms with Gasteiger partial charge in [-0.15, -0.1) is 0 Å². The van der Waals surface area contributed by atoms with E-state index in [1.807, 2.05) is 66.1 Å². The Morgan fingerprint density at radius 1 is 1.06 bits per heavy atom. The van der Waals surface area contributed by atoms with Crippen LogP contribution in [-0.4, -0.2) is 39.4 Å². The van der Waals surface area contributed by atoms with Crippen LogP contribution in [0.25, 0.3) is 10.9 Å². The number of halogens is 1. The summed E-state index contributed by atoms with van der Waals surface area (Å²) in [5.41, 5.74) is 1.77. The van der Waals surface area contributed by atoms with Gasteiger partial charge in [0.1, 0.15) is 11.2 Å². The third-order valence-corrected chi connectivity index (χ3v) is 7.81. The summed E-state index contributed by atoms with van der Waals surface area (Å²) in [6, 6.07) is 17.8. The van der Waals surface area contributed by atoms with Crippen molar-refractivity contribution in [3.8, 4) is 0 Å². The van der Waals surface area contributed by atoms with Gasteiger partial charge in [-0.3, -0.25) is 9.59 Å². The van der Waals surface area contributed by atoms with Crippen molar-refractivity contribution in [2.75, 3.05) is 6.54 Å². The average molecular weight is 478 g/mol. The number of hydrogen-bond acceptors (Lipinski definition) is 2. The lowest BCUT2D eigenvalue weighted by Gasteiger charge is -2.44. The molecule has 1 aliphatic carbocycles. The number of rotatable bonds is 5. The van der Waals surface area contributed by atoms with Gasteiger partial charge >= 0.3 is 0 Å². The van der Waals surface area contributed by atoms with E-state index in [0.717, 1.165) is 42.1 Å². The summed E-state index contributed by atoms with van der Waals surface area (Å²) < 4.78 is 2.03. The van der Waals surface area contributed by atoms with Crippen LogP contribution in [0.15, 0.2) is 54.6 Å². The van der Waals surface area contributed by atoms with E-state index in [4.69, 9.17) is 11.6 Å². The van der Waals surface area contributed by atoms with Crippen molar-refractivity contribution in [3.63, 3.8) is 0 Å². The zero-order chi connectivity index (χ0) is 23.7. The van der Waals surface area contributed by atoms with Crippen LogP contribution in [0.1, 0.15) is 61.5 Å². The summed E-state index contributed by atoms with van der Waals surface area (Å²) >= 11 is 6.05.